The van der Waals surface area contributed by atoms with E-state index in [-0.39, 0.29) is 0 Å². The highest BCUT2D eigenvalue weighted by atomic mass is 35.5. The number of hydrogen-bond donors (Lipinski definition) is 2. The van der Waals surface area contributed by atoms with Crippen molar-refractivity contribution < 1.29 is 0 Å². The molecule has 0 amide bonds. The molecule has 28 heavy (non-hydrogen) atoms. The molecule has 0 spiro atoms. The van der Waals surface area contributed by atoms with Crippen molar-refractivity contribution in [1.29, 1.82) is 0 Å². The first-order valence-electron chi connectivity index (χ1n) is 9.22. The number of allylic oxidation sites excluding steroid dienone is 1. The summed E-state index contributed by atoms with van der Waals surface area (Å²) in [5.41, 5.74) is 9.65. The molecule has 0 radical (unpaired) electrons. The topological polar surface area (TPSA) is 45.1 Å². The van der Waals surface area contributed by atoms with Gasteiger partial charge in [0, 0.05) is 42.3 Å². The van der Waals surface area contributed by atoms with E-state index in [2.05, 4.69) is 46.1 Å². The van der Waals surface area contributed by atoms with Crippen LogP contribution >= 0.6 is 11.6 Å². The molecule has 0 saturated heterocycles. The predicted octanol–water partition coefficient (Wildman–Crippen LogP) is 4.74. The van der Waals surface area contributed by atoms with Crippen molar-refractivity contribution in [1.82, 2.24) is 20.2 Å². The summed E-state index contributed by atoms with van der Waals surface area (Å²) in [5, 5.41) is 10.7. The van der Waals surface area contributed by atoms with Crippen LogP contribution in [0.3, 0.4) is 0 Å². The van der Waals surface area contributed by atoms with E-state index < -0.39 is 0 Å². The number of aromatic nitrogens is 2. The zero-order valence-corrected chi connectivity index (χ0v) is 16.6. The van der Waals surface area contributed by atoms with Crippen LogP contribution in [-0.2, 0) is 7.05 Å². The summed E-state index contributed by atoms with van der Waals surface area (Å²) in [6.07, 6.45) is 3.89. The number of halogens is 1. The summed E-state index contributed by atoms with van der Waals surface area (Å²) in [5.74, 6) is 0. The maximum Gasteiger partial charge on any atom is 0.0729 e. The first-order valence-corrected chi connectivity index (χ1v) is 9.59. The van der Waals surface area contributed by atoms with E-state index in [1.165, 1.54) is 0 Å². The molecule has 2 aromatic carbocycles. The van der Waals surface area contributed by atoms with Crippen molar-refractivity contribution in [3.05, 3.63) is 95.0 Å². The number of benzene rings is 2. The van der Waals surface area contributed by atoms with Gasteiger partial charge in [-0.2, -0.15) is 5.10 Å². The summed E-state index contributed by atoms with van der Waals surface area (Å²) >= 11 is 6.20. The molecule has 0 saturated carbocycles. The van der Waals surface area contributed by atoms with Crippen molar-refractivity contribution in [3.8, 4) is 0 Å². The summed E-state index contributed by atoms with van der Waals surface area (Å²) in [4.78, 5) is 0. The van der Waals surface area contributed by atoms with Crippen LogP contribution in [0.5, 0.6) is 0 Å². The molecular formula is C22H22ClN5. The maximum absolute atomic E-state index is 6.20. The zero-order valence-electron chi connectivity index (χ0n) is 15.9. The second-order valence-corrected chi connectivity index (χ2v) is 6.97. The van der Waals surface area contributed by atoms with Crippen LogP contribution in [0.4, 0.5) is 5.69 Å². The summed E-state index contributed by atoms with van der Waals surface area (Å²) < 4.78 is 1.88. The van der Waals surface area contributed by atoms with Crippen LogP contribution in [-0.4, -0.2) is 21.3 Å². The van der Waals surface area contributed by atoms with Crippen LogP contribution in [0.1, 0.15) is 18.2 Å². The van der Waals surface area contributed by atoms with Gasteiger partial charge in [-0.3, -0.25) is 15.1 Å². The molecule has 1 aromatic heterocycles. The van der Waals surface area contributed by atoms with Crippen molar-refractivity contribution in [3.63, 3.8) is 0 Å². The molecule has 0 atom stereocenters. The molecule has 2 heterocycles. The Hall–Kier alpha value is -3.18. The smallest absolute Gasteiger partial charge is 0.0729 e. The van der Waals surface area contributed by atoms with Crippen LogP contribution in [0.15, 0.2) is 78.8 Å². The van der Waals surface area contributed by atoms with E-state index in [4.69, 9.17) is 11.6 Å². The normalized spacial score (nSPS) is 14.0. The van der Waals surface area contributed by atoms with Gasteiger partial charge in [0.05, 0.1) is 22.7 Å². The quantitative estimate of drug-likeness (QED) is 0.659. The fourth-order valence-electron chi connectivity index (χ4n) is 3.27. The lowest BCUT2D eigenvalue weighted by Gasteiger charge is -2.32. The average Bonchev–Trinajstić information content (AvgIpc) is 3.13. The first-order chi connectivity index (χ1) is 13.7. The molecule has 3 aromatic rings. The molecule has 1 aliphatic rings. The predicted molar refractivity (Wildman–Crippen MR) is 115 cm³/mol. The molecule has 5 nitrogen and oxygen atoms in total. The Morgan fingerprint density at radius 2 is 1.89 bits per heavy atom. The molecule has 2 N–H and O–H groups in total. The fourth-order valence-corrected chi connectivity index (χ4v) is 3.46. The van der Waals surface area contributed by atoms with Gasteiger partial charge in [-0.05, 0) is 31.2 Å². The highest BCUT2D eigenvalue weighted by Crippen LogP contribution is 2.34. The minimum absolute atomic E-state index is 0.696. The number of nitrogens with zero attached hydrogens (tertiary/aromatic N) is 3. The Bertz CT molecular complexity index is 1040. The number of aryl methyl sites for hydroxylation is 1. The molecule has 0 bridgehead atoms. The average molecular weight is 392 g/mol. The van der Waals surface area contributed by atoms with Gasteiger partial charge in [0.1, 0.15) is 0 Å². The van der Waals surface area contributed by atoms with Crippen molar-refractivity contribution in [2.24, 2.45) is 7.05 Å². The highest BCUT2D eigenvalue weighted by Gasteiger charge is 2.24. The van der Waals surface area contributed by atoms with E-state index in [0.717, 1.165) is 40.5 Å². The Kier molecular flexibility index (Phi) is 5.08. The summed E-state index contributed by atoms with van der Waals surface area (Å²) in [6, 6.07) is 20.1. The van der Waals surface area contributed by atoms with Gasteiger partial charge >= 0.3 is 0 Å². The molecular weight excluding hydrogens is 370 g/mol. The monoisotopic (exact) mass is 391 g/mol. The van der Waals surface area contributed by atoms with E-state index in [1.54, 1.807) is 0 Å². The van der Waals surface area contributed by atoms with Gasteiger partial charge in [-0.25, -0.2) is 0 Å². The van der Waals surface area contributed by atoms with Crippen molar-refractivity contribution in [2.75, 3.05) is 11.9 Å². The van der Waals surface area contributed by atoms with E-state index in [9.17, 15) is 0 Å². The lowest BCUT2D eigenvalue weighted by molar-refractivity contribution is 0.338. The number of rotatable bonds is 5. The number of hydrazine groups is 1. The SMILES string of the molecule is CCN1C=C(Nc2cccc(Cl)c2)C(c2ccnn2C)=C(c2ccccc2)N1. The molecule has 142 valence electrons. The van der Waals surface area contributed by atoms with Gasteiger partial charge in [0.2, 0.25) is 0 Å². The zero-order chi connectivity index (χ0) is 19.5. The molecule has 4 rings (SSSR count). The van der Waals surface area contributed by atoms with Crippen molar-refractivity contribution >= 4 is 28.6 Å². The van der Waals surface area contributed by atoms with E-state index in [1.807, 2.05) is 66.5 Å². The maximum atomic E-state index is 6.20. The largest absolute Gasteiger partial charge is 0.354 e. The highest BCUT2D eigenvalue weighted by molar-refractivity contribution is 6.30. The Labute approximate surface area is 169 Å². The molecule has 0 fully saturated rings. The summed E-state index contributed by atoms with van der Waals surface area (Å²) in [7, 11) is 1.95. The van der Waals surface area contributed by atoms with Crippen LogP contribution in [0, 0.1) is 0 Å². The Morgan fingerprint density at radius 1 is 1.07 bits per heavy atom. The van der Waals surface area contributed by atoms with Gasteiger partial charge in [-0.15, -0.1) is 0 Å². The standard InChI is InChI=1S/C22H22ClN5/c1-3-28-15-19(25-18-11-7-10-17(23)14-18)21(20-12-13-24-27(20)2)22(26-28)16-8-5-4-6-9-16/h4-15,25-26H,3H2,1-2H3. The molecule has 0 unspecified atom stereocenters. The third-order valence-electron chi connectivity index (χ3n) is 4.64. The van der Waals surface area contributed by atoms with Crippen LogP contribution in [0.2, 0.25) is 5.02 Å². The van der Waals surface area contributed by atoms with Gasteiger partial charge in [0.25, 0.3) is 0 Å². The van der Waals surface area contributed by atoms with Crippen LogP contribution in [0.25, 0.3) is 11.3 Å². The molecule has 1 aliphatic heterocycles. The second kappa shape index (κ2) is 7.82. The Balaban J connectivity index is 1.88. The summed E-state index contributed by atoms with van der Waals surface area (Å²) in [6.45, 7) is 2.92. The van der Waals surface area contributed by atoms with E-state index >= 15 is 0 Å². The third-order valence-corrected chi connectivity index (χ3v) is 4.88. The van der Waals surface area contributed by atoms with E-state index in [0.29, 0.717) is 5.02 Å². The minimum atomic E-state index is 0.696. The minimum Gasteiger partial charge on any atom is -0.354 e. The van der Waals surface area contributed by atoms with Gasteiger partial charge in [0.15, 0.2) is 0 Å². The van der Waals surface area contributed by atoms with Crippen molar-refractivity contribution in [2.45, 2.75) is 6.92 Å². The second-order valence-electron chi connectivity index (χ2n) is 6.53. The number of anilines is 1. The third kappa shape index (κ3) is 3.62. The number of nitrogens with one attached hydrogen (secondary N) is 2. The fraction of sp³-hybridized carbons (Fsp3) is 0.136. The molecule has 6 heteroatoms. The molecule has 0 aliphatic carbocycles. The first kappa shape index (κ1) is 18.2. The van der Waals surface area contributed by atoms with Crippen LogP contribution < -0.4 is 10.7 Å². The van der Waals surface area contributed by atoms with Gasteiger partial charge in [-0.1, -0.05) is 48.0 Å². The Morgan fingerprint density at radius 3 is 2.57 bits per heavy atom. The number of hydrogen-bond acceptors (Lipinski definition) is 4. The van der Waals surface area contributed by atoms with Gasteiger partial charge < -0.3 is 5.32 Å². The lowest BCUT2D eigenvalue weighted by Crippen LogP contribution is -2.37. The lowest BCUT2D eigenvalue weighted by atomic mass is 9.99.